The summed E-state index contributed by atoms with van der Waals surface area (Å²) in [5.74, 6) is 0.968. The van der Waals surface area contributed by atoms with Crippen LogP contribution in [0.2, 0.25) is 0 Å². The predicted molar refractivity (Wildman–Crippen MR) is 45.9 cm³/mol. The summed E-state index contributed by atoms with van der Waals surface area (Å²) in [7, 11) is 0. The van der Waals surface area contributed by atoms with Crippen molar-refractivity contribution >= 4 is 0 Å². The Hall–Kier alpha value is -0.0400. The summed E-state index contributed by atoms with van der Waals surface area (Å²) >= 11 is 0. The normalized spacial score (nSPS) is 53.5. The van der Waals surface area contributed by atoms with E-state index in [1.165, 1.54) is 19.3 Å². The molecule has 0 saturated heterocycles. The lowest BCUT2D eigenvalue weighted by molar-refractivity contribution is -0.446. The van der Waals surface area contributed by atoms with Crippen LogP contribution >= 0.6 is 0 Å². The molecule has 11 heavy (non-hydrogen) atoms. The van der Waals surface area contributed by atoms with Gasteiger partial charge in [0.1, 0.15) is 0 Å². The van der Waals surface area contributed by atoms with Crippen LogP contribution < -0.4 is 5.73 Å². The summed E-state index contributed by atoms with van der Waals surface area (Å²) in [6, 6.07) is 0.719. The molecule has 0 aromatic carbocycles. The molecule has 0 amide bonds. The quantitative estimate of drug-likeness (QED) is 0.547. The zero-order valence-corrected chi connectivity index (χ0v) is 7.98. The van der Waals surface area contributed by atoms with E-state index in [1.54, 1.807) is 0 Å². The molecule has 2 saturated carbocycles. The third-order valence-corrected chi connectivity index (χ3v) is 4.97. The van der Waals surface area contributed by atoms with Crippen molar-refractivity contribution in [1.29, 1.82) is 0 Å². The number of quaternary nitrogens is 1. The SMILES string of the molecule is CC1(C)[C@@H]2CC[C@@]1(C)[C@H]([NH3+])C2. The molecule has 3 atom stereocenters. The van der Waals surface area contributed by atoms with Gasteiger partial charge >= 0.3 is 0 Å². The van der Waals surface area contributed by atoms with E-state index in [4.69, 9.17) is 0 Å². The summed E-state index contributed by atoms with van der Waals surface area (Å²) in [5.41, 5.74) is 5.41. The molecule has 2 aliphatic carbocycles. The van der Waals surface area contributed by atoms with Crippen molar-refractivity contribution in [2.75, 3.05) is 0 Å². The highest BCUT2D eigenvalue weighted by Gasteiger charge is 2.62. The molecule has 64 valence electrons. The van der Waals surface area contributed by atoms with Crippen LogP contribution in [0.15, 0.2) is 0 Å². The fourth-order valence-electron chi connectivity index (χ4n) is 3.37. The topological polar surface area (TPSA) is 27.6 Å². The van der Waals surface area contributed by atoms with E-state index < -0.39 is 0 Å². The molecule has 2 fully saturated rings. The number of hydrogen-bond acceptors (Lipinski definition) is 0. The Bertz CT molecular complexity index is 185. The molecular formula is C10H20N+. The molecule has 2 aliphatic rings. The largest absolute Gasteiger partial charge is 0.355 e. The van der Waals surface area contributed by atoms with Crippen LogP contribution in [0.5, 0.6) is 0 Å². The van der Waals surface area contributed by atoms with Gasteiger partial charge in [0.15, 0.2) is 0 Å². The minimum Gasteiger partial charge on any atom is -0.355 e. The van der Waals surface area contributed by atoms with Gasteiger partial charge in [0.25, 0.3) is 0 Å². The van der Waals surface area contributed by atoms with E-state index in [2.05, 4.69) is 26.5 Å². The van der Waals surface area contributed by atoms with Gasteiger partial charge in [0, 0.05) is 11.8 Å². The Morgan fingerprint density at radius 2 is 1.91 bits per heavy atom. The predicted octanol–water partition coefficient (Wildman–Crippen LogP) is 1.44. The second-order valence-electron chi connectivity index (χ2n) is 5.31. The summed E-state index contributed by atoms with van der Waals surface area (Å²) in [5, 5.41) is 0. The van der Waals surface area contributed by atoms with Crippen LogP contribution in [0.1, 0.15) is 40.0 Å². The maximum absolute atomic E-state index is 4.29. The zero-order chi connectivity index (χ0) is 8.28. The van der Waals surface area contributed by atoms with Crippen LogP contribution in [0.4, 0.5) is 0 Å². The smallest absolute Gasteiger partial charge is 0.0905 e. The summed E-state index contributed by atoms with van der Waals surface area (Å²) < 4.78 is 0. The summed E-state index contributed by atoms with van der Waals surface area (Å²) in [6.45, 7) is 7.32. The fourth-order valence-corrected chi connectivity index (χ4v) is 3.37. The van der Waals surface area contributed by atoms with Crippen LogP contribution in [-0.2, 0) is 0 Å². The Balaban J connectivity index is 2.40. The monoisotopic (exact) mass is 154 g/mol. The third kappa shape index (κ3) is 0.658. The molecule has 3 N–H and O–H groups in total. The van der Waals surface area contributed by atoms with Gasteiger partial charge in [0.05, 0.1) is 6.04 Å². The lowest BCUT2D eigenvalue weighted by atomic mass is 9.69. The Morgan fingerprint density at radius 3 is 2.09 bits per heavy atom. The summed E-state index contributed by atoms with van der Waals surface area (Å²) in [6.07, 6.45) is 4.25. The zero-order valence-electron chi connectivity index (χ0n) is 7.98. The van der Waals surface area contributed by atoms with Crippen LogP contribution in [0.3, 0.4) is 0 Å². The molecule has 0 aromatic rings. The minimum atomic E-state index is 0.553. The standard InChI is InChI=1S/C10H19N/c1-9(2)7-4-5-10(9,3)8(11)6-7/h7-8H,4-6,11H2,1-3H3/p+1/t7-,8-,10+/m1/s1. The number of hydrogen-bond donors (Lipinski definition) is 1. The molecule has 0 spiro atoms. The van der Waals surface area contributed by atoms with Crippen molar-refractivity contribution in [2.45, 2.75) is 46.1 Å². The first-order valence-electron chi connectivity index (χ1n) is 4.81. The van der Waals surface area contributed by atoms with Crippen molar-refractivity contribution < 1.29 is 5.73 Å². The van der Waals surface area contributed by atoms with Gasteiger partial charge < -0.3 is 5.73 Å². The highest BCUT2D eigenvalue weighted by molar-refractivity contribution is 5.09. The molecule has 1 nitrogen and oxygen atoms in total. The van der Waals surface area contributed by atoms with Crippen LogP contribution in [0.25, 0.3) is 0 Å². The lowest BCUT2D eigenvalue weighted by Crippen LogP contribution is -2.67. The van der Waals surface area contributed by atoms with Gasteiger partial charge in [-0.25, -0.2) is 0 Å². The Labute approximate surface area is 69.4 Å². The molecule has 0 heterocycles. The molecule has 0 aromatic heterocycles. The number of fused-ring (bicyclic) bond motifs is 2. The van der Waals surface area contributed by atoms with Crippen LogP contribution in [-0.4, -0.2) is 6.04 Å². The first-order valence-corrected chi connectivity index (χ1v) is 4.81. The molecule has 0 unspecified atom stereocenters. The molecule has 0 radical (unpaired) electrons. The van der Waals surface area contributed by atoms with Crippen molar-refractivity contribution in [3.05, 3.63) is 0 Å². The first-order chi connectivity index (χ1) is 4.98. The molecule has 1 heteroatoms. The van der Waals surface area contributed by atoms with E-state index in [9.17, 15) is 0 Å². The second kappa shape index (κ2) is 1.82. The van der Waals surface area contributed by atoms with E-state index in [-0.39, 0.29) is 0 Å². The van der Waals surface area contributed by atoms with Gasteiger partial charge in [-0.05, 0) is 24.2 Å². The Kier molecular flexibility index (Phi) is 1.26. The summed E-state index contributed by atoms with van der Waals surface area (Å²) in [4.78, 5) is 0. The highest BCUT2D eigenvalue weighted by Crippen LogP contribution is 2.64. The third-order valence-electron chi connectivity index (χ3n) is 4.97. The van der Waals surface area contributed by atoms with Gasteiger partial charge in [-0.2, -0.15) is 0 Å². The maximum atomic E-state index is 4.29. The van der Waals surface area contributed by atoms with E-state index in [1.807, 2.05) is 0 Å². The van der Waals surface area contributed by atoms with E-state index in [0.717, 1.165) is 12.0 Å². The minimum absolute atomic E-state index is 0.553. The van der Waals surface area contributed by atoms with Gasteiger partial charge in [-0.15, -0.1) is 0 Å². The van der Waals surface area contributed by atoms with Gasteiger partial charge in [-0.3, -0.25) is 0 Å². The molecule has 2 bridgehead atoms. The maximum Gasteiger partial charge on any atom is 0.0905 e. The van der Waals surface area contributed by atoms with E-state index >= 15 is 0 Å². The van der Waals surface area contributed by atoms with E-state index in [0.29, 0.717) is 10.8 Å². The van der Waals surface area contributed by atoms with Crippen molar-refractivity contribution in [1.82, 2.24) is 0 Å². The number of rotatable bonds is 0. The average molecular weight is 154 g/mol. The second-order valence-corrected chi connectivity index (χ2v) is 5.31. The molecular weight excluding hydrogens is 134 g/mol. The molecule has 0 aliphatic heterocycles. The first kappa shape index (κ1) is 7.60. The van der Waals surface area contributed by atoms with Gasteiger partial charge in [0.2, 0.25) is 0 Å². The molecule has 2 rings (SSSR count). The fraction of sp³-hybridized carbons (Fsp3) is 1.00. The van der Waals surface area contributed by atoms with Gasteiger partial charge in [-0.1, -0.05) is 20.8 Å². The van der Waals surface area contributed by atoms with Crippen molar-refractivity contribution in [3.63, 3.8) is 0 Å². The van der Waals surface area contributed by atoms with Crippen molar-refractivity contribution in [2.24, 2.45) is 16.7 Å². The Morgan fingerprint density at radius 1 is 1.27 bits per heavy atom. The van der Waals surface area contributed by atoms with Crippen molar-refractivity contribution in [3.8, 4) is 0 Å². The average Bonchev–Trinajstić information content (AvgIpc) is 2.20. The van der Waals surface area contributed by atoms with Crippen LogP contribution in [0, 0.1) is 16.7 Å². The highest BCUT2D eigenvalue weighted by atomic mass is 14.8. The lowest BCUT2D eigenvalue weighted by Gasteiger charge is -2.35.